The lowest BCUT2D eigenvalue weighted by Gasteiger charge is -2.31. The number of carbonyl (C=O) groups is 2. The summed E-state index contributed by atoms with van der Waals surface area (Å²) in [5.74, 6) is 0.136. The lowest BCUT2D eigenvalue weighted by Crippen LogP contribution is -2.51. The molecule has 3 aromatic rings. The first kappa shape index (κ1) is 25.3. The molecule has 1 unspecified atom stereocenters. The summed E-state index contributed by atoms with van der Waals surface area (Å²) in [6, 6.07) is 23.9. The van der Waals surface area contributed by atoms with Crippen molar-refractivity contribution < 1.29 is 14.3 Å². The molecule has 0 radical (unpaired) electrons. The van der Waals surface area contributed by atoms with Crippen molar-refractivity contribution in [2.24, 2.45) is 0 Å². The van der Waals surface area contributed by atoms with Crippen molar-refractivity contribution in [3.8, 4) is 5.75 Å². The van der Waals surface area contributed by atoms with Crippen LogP contribution in [0.4, 0.5) is 0 Å². The fourth-order valence-corrected chi connectivity index (χ4v) is 3.86. The van der Waals surface area contributed by atoms with Gasteiger partial charge in [0.25, 0.3) is 5.91 Å². The molecule has 0 saturated heterocycles. The summed E-state index contributed by atoms with van der Waals surface area (Å²) in [5, 5.41) is 3.51. The molecule has 0 saturated carbocycles. The second-order valence-corrected chi connectivity index (χ2v) is 8.62. The summed E-state index contributed by atoms with van der Waals surface area (Å²) in [6.45, 7) is 4.52. The Kier molecular flexibility index (Phi) is 9.53. The van der Waals surface area contributed by atoms with E-state index >= 15 is 0 Å². The zero-order valence-electron chi connectivity index (χ0n) is 19.7. The van der Waals surface area contributed by atoms with Gasteiger partial charge in [0.2, 0.25) is 5.91 Å². The van der Waals surface area contributed by atoms with Crippen molar-refractivity contribution in [2.75, 3.05) is 13.2 Å². The molecule has 0 aliphatic rings. The summed E-state index contributed by atoms with van der Waals surface area (Å²) in [4.78, 5) is 28.4. The average Bonchev–Trinajstić information content (AvgIpc) is 2.85. The van der Waals surface area contributed by atoms with Crippen LogP contribution in [0.2, 0.25) is 5.02 Å². The van der Waals surface area contributed by atoms with Gasteiger partial charge in [-0.2, -0.15) is 0 Å². The lowest BCUT2D eigenvalue weighted by molar-refractivity contribution is -0.142. The van der Waals surface area contributed by atoms with Gasteiger partial charge in [0.15, 0.2) is 6.61 Å². The van der Waals surface area contributed by atoms with Crippen molar-refractivity contribution in [1.29, 1.82) is 0 Å². The number of nitrogens with one attached hydrogen (secondary N) is 1. The van der Waals surface area contributed by atoms with Crippen LogP contribution < -0.4 is 10.1 Å². The van der Waals surface area contributed by atoms with Crippen molar-refractivity contribution >= 4 is 23.4 Å². The number of benzene rings is 3. The monoisotopic (exact) mass is 478 g/mol. The van der Waals surface area contributed by atoms with Crippen molar-refractivity contribution in [2.45, 2.75) is 39.3 Å². The first-order valence-electron chi connectivity index (χ1n) is 11.5. The van der Waals surface area contributed by atoms with E-state index in [0.717, 1.165) is 23.1 Å². The van der Waals surface area contributed by atoms with E-state index in [4.69, 9.17) is 16.3 Å². The van der Waals surface area contributed by atoms with Crippen LogP contribution in [-0.4, -0.2) is 35.9 Å². The highest BCUT2D eigenvalue weighted by atomic mass is 35.5. The molecule has 0 aromatic heterocycles. The molecule has 2 amide bonds. The van der Waals surface area contributed by atoms with Crippen LogP contribution in [0, 0.1) is 6.92 Å². The van der Waals surface area contributed by atoms with E-state index in [0.29, 0.717) is 23.7 Å². The SMILES string of the molecule is CCCNC(=O)C(Cc1ccccc1)N(Cc1ccccc1Cl)C(=O)COc1cccc(C)c1. The molecular formula is C28H31ClN2O3. The summed E-state index contributed by atoms with van der Waals surface area (Å²) >= 11 is 6.42. The first-order chi connectivity index (χ1) is 16.5. The molecule has 5 nitrogen and oxygen atoms in total. The van der Waals surface area contributed by atoms with Gasteiger partial charge < -0.3 is 15.0 Å². The zero-order chi connectivity index (χ0) is 24.3. The zero-order valence-corrected chi connectivity index (χ0v) is 20.4. The molecule has 3 aromatic carbocycles. The maximum Gasteiger partial charge on any atom is 0.261 e. The first-order valence-corrected chi connectivity index (χ1v) is 11.9. The molecule has 6 heteroatoms. The lowest BCUT2D eigenvalue weighted by atomic mass is 10.0. The third kappa shape index (κ3) is 7.35. The van der Waals surface area contributed by atoms with Crippen molar-refractivity contribution in [3.05, 3.63) is 101 Å². The van der Waals surface area contributed by atoms with Crippen molar-refractivity contribution in [1.82, 2.24) is 10.2 Å². The van der Waals surface area contributed by atoms with E-state index < -0.39 is 6.04 Å². The van der Waals surface area contributed by atoms with E-state index in [1.165, 1.54) is 0 Å². The minimum absolute atomic E-state index is 0.180. The van der Waals surface area contributed by atoms with E-state index in [9.17, 15) is 9.59 Å². The fraction of sp³-hybridized carbons (Fsp3) is 0.286. The predicted molar refractivity (Wildman–Crippen MR) is 136 cm³/mol. The Morgan fingerprint density at radius 2 is 1.74 bits per heavy atom. The Morgan fingerprint density at radius 3 is 2.44 bits per heavy atom. The summed E-state index contributed by atoms with van der Waals surface area (Å²) < 4.78 is 5.80. The Bertz CT molecular complexity index is 1090. The maximum atomic E-state index is 13.5. The van der Waals surface area contributed by atoms with Gasteiger partial charge in [0.05, 0.1) is 0 Å². The number of hydrogen-bond donors (Lipinski definition) is 1. The van der Waals surface area contributed by atoms with Crippen LogP contribution in [0.15, 0.2) is 78.9 Å². The summed E-state index contributed by atoms with van der Waals surface area (Å²) in [6.07, 6.45) is 1.19. The Morgan fingerprint density at radius 1 is 1.00 bits per heavy atom. The molecule has 0 spiro atoms. The van der Waals surface area contributed by atoms with Crippen LogP contribution in [-0.2, 0) is 22.6 Å². The largest absolute Gasteiger partial charge is 0.484 e. The molecule has 178 valence electrons. The number of halogens is 1. The van der Waals surface area contributed by atoms with Crippen LogP contribution in [0.1, 0.15) is 30.0 Å². The van der Waals surface area contributed by atoms with E-state index in [-0.39, 0.29) is 25.0 Å². The molecular weight excluding hydrogens is 448 g/mol. The molecule has 1 N–H and O–H groups in total. The van der Waals surface area contributed by atoms with Gasteiger partial charge in [-0.25, -0.2) is 0 Å². The topological polar surface area (TPSA) is 58.6 Å². The van der Waals surface area contributed by atoms with Crippen molar-refractivity contribution in [3.63, 3.8) is 0 Å². The summed E-state index contributed by atoms with van der Waals surface area (Å²) in [5.41, 5.74) is 2.78. The highest BCUT2D eigenvalue weighted by Crippen LogP contribution is 2.21. The number of nitrogens with zero attached hydrogens (tertiary/aromatic N) is 1. The predicted octanol–water partition coefficient (Wildman–Crippen LogP) is 5.19. The van der Waals surface area contributed by atoms with Gasteiger partial charge in [-0.15, -0.1) is 0 Å². The Hall–Kier alpha value is -3.31. The van der Waals surface area contributed by atoms with Gasteiger partial charge in [-0.1, -0.05) is 79.2 Å². The highest BCUT2D eigenvalue weighted by Gasteiger charge is 2.31. The quantitative estimate of drug-likeness (QED) is 0.412. The number of aryl methyl sites for hydroxylation is 1. The van der Waals surface area contributed by atoms with E-state index in [1.807, 2.05) is 86.6 Å². The van der Waals surface area contributed by atoms with Crippen LogP contribution in [0.5, 0.6) is 5.75 Å². The van der Waals surface area contributed by atoms with Gasteiger partial charge in [0, 0.05) is 24.5 Å². The maximum absolute atomic E-state index is 13.5. The average molecular weight is 479 g/mol. The fourth-order valence-electron chi connectivity index (χ4n) is 3.66. The van der Waals surface area contributed by atoms with Gasteiger partial charge >= 0.3 is 0 Å². The second kappa shape index (κ2) is 12.8. The normalized spacial score (nSPS) is 11.5. The molecule has 0 aliphatic heterocycles. The number of rotatable bonds is 11. The molecule has 0 bridgehead atoms. The van der Waals surface area contributed by atoms with Gasteiger partial charge in [-0.05, 0) is 48.2 Å². The third-order valence-electron chi connectivity index (χ3n) is 5.47. The molecule has 0 heterocycles. The van der Waals surface area contributed by atoms with E-state index in [2.05, 4.69) is 5.32 Å². The Labute approximate surface area is 206 Å². The minimum Gasteiger partial charge on any atom is -0.484 e. The van der Waals surface area contributed by atoms with E-state index in [1.54, 1.807) is 11.0 Å². The van der Waals surface area contributed by atoms with Gasteiger partial charge in [-0.3, -0.25) is 9.59 Å². The van der Waals surface area contributed by atoms with Crippen LogP contribution in [0.25, 0.3) is 0 Å². The molecule has 0 aliphatic carbocycles. The number of carbonyl (C=O) groups excluding carboxylic acids is 2. The second-order valence-electron chi connectivity index (χ2n) is 8.21. The smallest absolute Gasteiger partial charge is 0.261 e. The number of amides is 2. The minimum atomic E-state index is -0.709. The van der Waals surface area contributed by atoms with Crippen LogP contribution >= 0.6 is 11.6 Å². The number of hydrogen-bond acceptors (Lipinski definition) is 3. The number of ether oxygens (including phenoxy) is 1. The third-order valence-corrected chi connectivity index (χ3v) is 5.84. The molecule has 0 fully saturated rings. The molecule has 34 heavy (non-hydrogen) atoms. The van der Waals surface area contributed by atoms with Crippen LogP contribution in [0.3, 0.4) is 0 Å². The van der Waals surface area contributed by atoms with Gasteiger partial charge in [0.1, 0.15) is 11.8 Å². The highest BCUT2D eigenvalue weighted by molar-refractivity contribution is 6.31. The summed E-state index contributed by atoms with van der Waals surface area (Å²) in [7, 11) is 0. The standard InChI is InChI=1S/C28H31ClN2O3/c1-3-16-30-28(33)26(18-22-11-5-4-6-12-22)31(19-23-13-7-8-15-25(23)29)27(32)20-34-24-14-9-10-21(2)17-24/h4-15,17,26H,3,16,18-20H2,1-2H3,(H,30,33). The Balaban J connectivity index is 1.90. The molecule has 1 atom stereocenters. The molecule has 3 rings (SSSR count).